The molecule has 3 aliphatic heterocycles. The molecule has 0 bridgehead atoms. The number of benzene rings is 7. The molecule has 0 saturated carbocycles. The minimum atomic E-state index is -1.54. The lowest BCUT2D eigenvalue weighted by Gasteiger charge is -2.45. The van der Waals surface area contributed by atoms with Crippen LogP contribution in [0.15, 0.2) is 97.1 Å². The molecule has 0 radical (unpaired) electrons. The van der Waals surface area contributed by atoms with E-state index in [1.807, 2.05) is 24.3 Å². The summed E-state index contributed by atoms with van der Waals surface area (Å²) in [7, 11) is 4.19. The zero-order valence-electron chi connectivity index (χ0n) is 31.9. The van der Waals surface area contributed by atoms with Gasteiger partial charge in [0.05, 0.1) is 43.2 Å². The van der Waals surface area contributed by atoms with E-state index in [4.69, 9.17) is 51.1 Å². The highest BCUT2D eigenvalue weighted by atomic mass is 35.5. The van der Waals surface area contributed by atoms with Crippen LogP contribution in [0.2, 0.25) is 20.1 Å². The average Bonchev–Trinajstić information content (AvgIpc) is 3.20. The van der Waals surface area contributed by atoms with Gasteiger partial charge >= 0.3 is 0 Å². The van der Waals surface area contributed by atoms with Crippen LogP contribution < -0.4 is 29.9 Å². The fourth-order valence-corrected chi connectivity index (χ4v) is 10.5. The molecule has 57 heavy (non-hydrogen) atoms. The van der Waals surface area contributed by atoms with Crippen LogP contribution in [0.3, 0.4) is 0 Å². The third-order valence-corrected chi connectivity index (χ3v) is 14.5. The Bertz CT molecular complexity index is 3170. The summed E-state index contributed by atoms with van der Waals surface area (Å²) >= 11 is 27.2. The molecule has 0 spiro atoms. The SMILES string of the molecule is CN1c2cc3c(cc2-c2ccc4ccccc4c2C1(C)C)C(c1c(Cl)c(Cl)c(Cl)c(Cl)c1C(=O)[O-])=c1cc2c(cc1O3)=[N+](C)C(C)(C)c1c-2ccc2ccccc12. The maximum absolute atomic E-state index is 13.2. The summed E-state index contributed by atoms with van der Waals surface area (Å²) in [5.41, 5.74) is 7.43. The van der Waals surface area contributed by atoms with E-state index < -0.39 is 17.0 Å². The van der Waals surface area contributed by atoms with Crippen LogP contribution in [-0.2, 0) is 11.1 Å². The maximum Gasteiger partial charge on any atom is 0.212 e. The minimum absolute atomic E-state index is 0.0520. The van der Waals surface area contributed by atoms with Crippen molar-refractivity contribution in [2.45, 2.75) is 38.8 Å². The van der Waals surface area contributed by atoms with Crippen molar-refractivity contribution < 1.29 is 14.6 Å². The Morgan fingerprint density at radius 1 is 0.667 bits per heavy atom. The molecule has 7 aromatic carbocycles. The number of anilines is 1. The highest BCUT2D eigenvalue weighted by Gasteiger charge is 2.42. The molecule has 0 unspecified atom stereocenters. The summed E-state index contributed by atoms with van der Waals surface area (Å²) in [5, 5.41) is 18.8. The molecule has 0 aromatic heterocycles. The maximum atomic E-state index is 13.2. The Labute approximate surface area is 349 Å². The fraction of sp³-hybridized carbons (Fsp3) is 0.167. The molecule has 7 aromatic rings. The van der Waals surface area contributed by atoms with E-state index in [2.05, 4.69) is 124 Å². The van der Waals surface area contributed by atoms with Gasteiger partial charge in [0, 0.05) is 71.3 Å². The number of rotatable bonds is 2. The number of ether oxygens (including phenoxy) is 1. The summed E-state index contributed by atoms with van der Waals surface area (Å²) in [4.78, 5) is 15.5. The van der Waals surface area contributed by atoms with Crippen molar-refractivity contribution in [1.82, 2.24) is 4.58 Å². The van der Waals surface area contributed by atoms with Gasteiger partial charge in [0.2, 0.25) is 5.36 Å². The second-order valence-electron chi connectivity index (χ2n) is 16.2. The second kappa shape index (κ2) is 12.2. The van der Waals surface area contributed by atoms with Gasteiger partial charge in [-0.25, -0.2) is 4.58 Å². The van der Waals surface area contributed by atoms with E-state index in [9.17, 15) is 9.90 Å². The number of nitrogens with zero attached hydrogens (tertiary/aromatic N) is 2. The Morgan fingerprint density at radius 2 is 1.26 bits per heavy atom. The van der Waals surface area contributed by atoms with Gasteiger partial charge in [-0.2, -0.15) is 0 Å². The second-order valence-corrected chi connectivity index (χ2v) is 17.7. The van der Waals surface area contributed by atoms with Crippen molar-refractivity contribution in [3.63, 3.8) is 0 Å². The van der Waals surface area contributed by atoms with E-state index in [0.717, 1.165) is 54.8 Å². The van der Waals surface area contributed by atoms with Crippen LogP contribution in [0.5, 0.6) is 11.5 Å². The van der Waals surface area contributed by atoms with Crippen LogP contribution in [0, 0.1) is 0 Å². The molecule has 0 amide bonds. The van der Waals surface area contributed by atoms with Gasteiger partial charge in [-0.3, -0.25) is 0 Å². The van der Waals surface area contributed by atoms with Crippen molar-refractivity contribution in [1.29, 1.82) is 0 Å². The van der Waals surface area contributed by atoms with Crippen molar-refractivity contribution in [2.24, 2.45) is 0 Å². The fourth-order valence-electron chi connectivity index (χ4n) is 9.52. The molecule has 282 valence electrons. The predicted octanol–water partition coefficient (Wildman–Crippen LogP) is 10.7. The number of fused-ring (bicyclic) bond motifs is 12. The van der Waals surface area contributed by atoms with Crippen molar-refractivity contribution in [2.75, 3.05) is 19.0 Å². The summed E-state index contributed by atoms with van der Waals surface area (Å²) in [5.74, 6) is -0.491. The van der Waals surface area contributed by atoms with Gasteiger partial charge in [-0.05, 0) is 64.2 Å². The molecule has 10 rings (SSSR count). The largest absolute Gasteiger partial charge is 0.545 e. The molecule has 0 aliphatic carbocycles. The molecule has 3 aliphatic rings. The molecule has 0 saturated heterocycles. The van der Waals surface area contributed by atoms with Gasteiger partial charge < -0.3 is 19.5 Å². The van der Waals surface area contributed by atoms with Gasteiger partial charge in [-0.1, -0.05) is 119 Å². The Balaban J connectivity index is 1.39. The highest BCUT2D eigenvalue weighted by molar-refractivity contribution is 6.53. The number of carboxylic acids is 1. The van der Waals surface area contributed by atoms with Gasteiger partial charge in [0.1, 0.15) is 18.5 Å². The number of aromatic carboxylic acids is 1. The molecular formula is C48H34Cl4N2O3. The van der Waals surface area contributed by atoms with Gasteiger partial charge in [-0.15, -0.1) is 0 Å². The van der Waals surface area contributed by atoms with Crippen LogP contribution in [0.25, 0.3) is 49.4 Å². The van der Waals surface area contributed by atoms with Gasteiger partial charge in [0.25, 0.3) is 0 Å². The van der Waals surface area contributed by atoms with Crippen molar-refractivity contribution >= 4 is 85.2 Å². The van der Waals surface area contributed by atoms with E-state index in [0.29, 0.717) is 27.9 Å². The molecule has 0 fully saturated rings. The van der Waals surface area contributed by atoms with Crippen LogP contribution >= 0.6 is 46.4 Å². The van der Waals surface area contributed by atoms with E-state index >= 15 is 0 Å². The normalized spacial score (nSPS) is 15.6. The molecule has 0 N–H and O–H groups in total. The first-order valence-electron chi connectivity index (χ1n) is 18.6. The van der Waals surface area contributed by atoms with Crippen molar-refractivity contribution in [3.05, 3.63) is 156 Å². The number of hydrogen-bond donors (Lipinski definition) is 0. The molecule has 5 nitrogen and oxygen atoms in total. The van der Waals surface area contributed by atoms with Crippen LogP contribution in [0.1, 0.15) is 60.3 Å². The summed E-state index contributed by atoms with van der Waals surface area (Å²) in [6, 6.07) is 33.6. The zero-order valence-corrected chi connectivity index (χ0v) is 34.9. The van der Waals surface area contributed by atoms with E-state index in [-0.39, 0.29) is 31.2 Å². The molecule has 3 heterocycles. The molecule has 0 atom stereocenters. The number of halogens is 4. The molecule has 9 heteroatoms. The quantitative estimate of drug-likeness (QED) is 0.0990. The first-order valence-corrected chi connectivity index (χ1v) is 20.2. The zero-order chi connectivity index (χ0) is 40.0. The van der Waals surface area contributed by atoms with Crippen LogP contribution in [-0.4, -0.2) is 20.1 Å². The van der Waals surface area contributed by atoms with Crippen LogP contribution in [0.4, 0.5) is 5.69 Å². The number of carbonyl (C=O) groups excluding carboxylic acids is 1. The van der Waals surface area contributed by atoms with E-state index in [1.165, 1.54) is 11.1 Å². The Hall–Kier alpha value is -5.04. The number of carboxylic acid groups (broad SMARTS) is 1. The summed E-state index contributed by atoms with van der Waals surface area (Å²) < 4.78 is 9.24. The number of hydrogen-bond acceptors (Lipinski definition) is 4. The lowest BCUT2D eigenvalue weighted by atomic mass is 9.77. The lowest BCUT2D eigenvalue weighted by Crippen LogP contribution is -2.46. The average molecular weight is 829 g/mol. The van der Waals surface area contributed by atoms with Crippen molar-refractivity contribution in [3.8, 4) is 33.8 Å². The van der Waals surface area contributed by atoms with E-state index in [1.54, 1.807) is 0 Å². The minimum Gasteiger partial charge on any atom is -0.545 e. The topological polar surface area (TPSA) is 55.6 Å². The summed E-state index contributed by atoms with van der Waals surface area (Å²) in [6.07, 6.45) is 0. The predicted molar refractivity (Wildman–Crippen MR) is 232 cm³/mol. The Kier molecular flexibility index (Phi) is 7.79. The van der Waals surface area contributed by atoms with Gasteiger partial charge in [0.15, 0.2) is 5.54 Å². The first kappa shape index (κ1) is 36.3. The monoisotopic (exact) mass is 826 g/mol. The third-order valence-electron chi connectivity index (χ3n) is 12.7. The lowest BCUT2D eigenvalue weighted by molar-refractivity contribution is -0.255. The smallest absolute Gasteiger partial charge is 0.212 e. The first-order chi connectivity index (χ1) is 27.1. The standard InChI is InChI=1S/C48H34Cl4N2O3/c1-47(2)40-25-13-9-7-11-23(25)15-17-27(40)29-19-31-35(21-33(29)53(47)5)57-36-22-34-30(28-18-16-24-12-8-10-14-26(24)41(28)48(3,4)54(34)6)20-32(36)37(31)38-39(46(55)56)43(50)45(52)44(51)42(38)49/h7-22H,1-6H3. The molecular weight excluding hydrogens is 794 g/mol. The number of carbonyl (C=O) groups is 1. The highest BCUT2D eigenvalue weighted by Crippen LogP contribution is 2.54. The Morgan fingerprint density at radius 3 is 1.91 bits per heavy atom. The third kappa shape index (κ3) is 4.83. The summed E-state index contributed by atoms with van der Waals surface area (Å²) in [6.45, 7) is 8.90.